The van der Waals surface area contributed by atoms with Crippen molar-refractivity contribution >= 4 is 5.96 Å². The number of benzene rings is 1. The van der Waals surface area contributed by atoms with Gasteiger partial charge < -0.3 is 25.2 Å². The van der Waals surface area contributed by atoms with Crippen molar-refractivity contribution in [1.29, 1.82) is 0 Å². The number of hydrogen-bond acceptors (Lipinski definition) is 4. The van der Waals surface area contributed by atoms with Crippen LogP contribution in [0, 0.1) is 0 Å². The van der Waals surface area contributed by atoms with E-state index in [0.29, 0.717) is 13.2 Å². The molecule has 0 radical (unpaired) electrons. The maximum atomic E-state index is 5.73. The molecule has 1 aromatic carbocycles. The molecular formula is C23H39N5O. The number of guanidine groups is 1. The van der Waals surface area contributed by atoms with Gasteiger partial charge in [-0.1, -0.05) is 37.8 Å². The Morgan fingerprint density at radius 2 is 1.86 bits per heavy atom. The van der Waals surface area contributed by atoms with E-state index in [1.807, 2.05) is 18.2 Å². The summed E-state index contributed by atoms with van der Waals surface area (Å²) >= 11 is 0. The molecule has 2 rings (SSSR count). The molecule has 1 aliphatic rings. The lowest BCUT2D eigenvalue weighted by atomic mass is 10.2. The first-order valence-corrected chi connectivity index (χ1v) is 11.0. The van der Waals surface area contributed by atoms with Crippen LogP contribution in [-0.2, 0) is 6.54 Å². The van der Waals surface area contributed by atoms with Crippen LogP contribution in [0.2, 0.25) is 0 Å². The van der Waals surface area contributed by atoms with Gasteiger partial charge in [0.15, 0.2) is 5.96 Å². The minimum atomic E-state index is 0.506. The lowest BCUT2D eigenvalue weighted by Gasteiger charge is -2.34. The Hall–Kier alpha value is -2.05. The lowest BCUT2D eigenvalue weighted by molar-refractivity contribution is 0.136. The molecule has 29 heavy (non-hydrogen) atoms. The van der Waals surface area contributed by atoms with Crippen molar-refractivity contribution in [1.82, 2.24) is 20.4 Å². The van der Waals surface area contributed by atoms with Crippen LogP contribution in [0.5, 0.6) is 5.75 Å². The van der Waals surface area contributed by atoms with Gasteiger partial charge in [0, 0.05) is 44.8 Å². The Morgan fingerprint density at radius 1 is 1.10 bits per heavy atom. The van der Waals surface area contributed by atoms with E-state index in [9.17, 15) is 0 Å². The number of aliphatic imine (C=N–C) groups is 1. The molecule has 0 bridgehead atoms. The number of para-hydroxylation sites is 1. The molecule has 1 fully saturated rings. The highest BCUT2D eigenvalue weighted by molar-refractivity contribution is 5.79. The Bertz CT molecular complexity index is 611. The Kier molecular flexibility index (Phi) is 11.2. The first-order chi connectivity index (χ1) is 14.3. The van der Waals surface area contributed by atoms with Crippen molar-refractivity contribution in [2.75, 3.05) is 59.0 Å². The molecule has 0 saturated carbocycles. The highest BCUT2D eigenvalue weighted by Gasteiger charge is 2.14. The summed E-state index contributed by atoms with van der Waals surface area (Å²) in [6.07, 6.45) is 4.13. The minimum Gasteiger partial charge on any atom is -0.489 e. The molecule has 0 amide bonds. The highest BCUT2D eigenvalue weighted by atomic mass is 16.5. The van der Waals surface area contributed by atoms with Crippen LogP contribution in [0.25, 0.3) is 0 Å². The Labute approximate surface area is 177 Å². The SMILES string of the molecule is C=CCOc1ccccc1CN=C(NCC)NCCCCN1CCN(CC)CC1. The van der Waals surface area contributed by atoms with Gasteiger partial charge in [-0.3, -0.25) is 0 Å². The molecule has 6 heteroatoms. The second-order valence-electron chi connectivity index (χ2n) is 7.31. The van der Waals surface area contributed by atoms with Gasteiger partial charge in [0.1, 0.15) is 12.4 Å². The zero-order chi connectivity index (χ0) is 20.7. The van der Waals surface area contributed by atoms with Crippen LogP contribution in [0.15, 0.2) is 41.9 Å². The largest absolute Gasteiger partial charge is 0.489 e. The van der Waals surface area contributed by atoms with Gasteiger partial charge in [0.25, 0.3) is 0 Å². The van der Waals surface area contributed by atoms with Crippen LogP contribution in [0.1, 0.15) is 32.3 Å². The number of rotatable bonds is 12. The van der Waals surface area contributed by atoms with Gasteiger partial charge >= 0.3 is 0 Å². The van der Waals surface area contributed by atoms with Crippen LogP contribution >= 0.6 is 0 Å². The third-order valence-electron chi connectivity index (χ3n) is 5.19. The van der Waals surface area contributed by atoms with Crippen LogP contribution < -0.4 is 15.4 Å². The first kappa shape index (κ1) is 23.2. The number of likely N-dealkylation sites (N-methyl/N-ethyl adjacent to an activating group) is 1. The second-order valence-corrected chi connectivity index (χ2v) is 7.31. The maximum absolute atomic E-state index is 5.73. The van der Waals surface area contributed by atoms with Crippen molar-refractivity contribution in [3.8, 4) is 5.75 Å². The molecule has 1 saturated heterocycles. The number of ether oxygens (including phenoxy) is 1. The quantitative estimate of drug-likeness (QED) is 0.244. The second kappa shape index (κ2) is 14.0. The number of unbranched alkanes of at least 4 members (excludes halogenated alkanes) is 1. The fraction of sp³-hybridized carbons (Fsp3) is 0.609. The molecule has 1 aromatic rings. The summed E-state index contributed by atoms with van der Waals surface area (Å²) in [6.45, 7) is 18.1. The molecule has 0 atom stereocenters. The van der Waals surface area contributed by atoms with E-state index in [1.165, 1.54) is 45.7 Å². The summed E-state index contributed by atoms with van der Waals surface area (Å²) < 4.78 is 5.73. The molecule has 1 aliphatic heterocycles. The normalized spacial score (nSPS) is 15.9. The van der Waals surface area contributed by atoms with Gasteiger partial charge in [0.2, 0.25) is 0 Å². The molecule has 0 aromatic heterocycles. The smallest absolute Gasteiger partial charge is 0.191 e. The molecule has 0 aliphatic carbocycles. The highest BCUT2D eigenvalue weighted by Crippen LogP contribution is 2.18. The predicted molar refractivity (Wildman–Crippen MR) is 123 cm³/mol. The molecule has 2 N–H and O–H groups in total. The topological polar surface area (TPSA) is 52.1 Å². The zero-order valence-corrected chi connectivity index (χ0v) is 18.3. The summed E-state index contributed by atoms with van der Waals surface area (Å²) in [5.74, 6) is 1.73. The minimum absolute atomic E-state index is 0.506. The summed E-state index contributed by atoms with van der Waals surface area (Å²) in [4.78, 5) is 9.84. The molecule has 0 spiro atoms. The average molecular weight is 402 g/mol. The van der Waals surface area contributed by atoms with E-state index in [2.05, 4.69) is 46.9 Å². The third-order valence-corrected chi connectivity index (χ3v) is 5.19. The van der Waals surface area contributed by atoms with Crippen molar-refractivity contribution in [3.05, 3.63) is 42.5 Å². The van der Waals surface area contributed by atoms with E-state index in [4.69, 9.17) is 9.73 Å². The van der Waals surface area contributed by atoms with Crippen molar-refractivity contribution in [2.24, 2.45) is 4.99 Å². The fourth-order valence-corrected chi connectivity index (χ4v) is 3.43. The fourth-order valence-electron chi connectivity index (χ4n) is 3.43. The average Bonchev–Trinajstić information content (AvgIpc) is 2.76. The van der Waals surface area contributed by atoms with Gasteiger partial charge in [-0.2, -0.15) is 0 Å². The molecule has 162 valence electrons. The number of nitrogens with one attached hydrogen (secondary N) is 2. The van der Waals surface area contributed by atoms with E-state index in [1.54, 1.807) is 6.08 Å². The van der Waals surface area contributed by atoms with Crippen LogP contribution in [0.3, 0.4) is 0 Å². The van der Waals surface area contributed by atoms with Gasteiger partial charge in [-0.25, -0.2) is 4.99 Å². The van der Waals surface area contributed by atoms with E-state index in [0.717, 1.165) is 36.8 Å². The predicted octanol–water partition coefficient (Wildman–Crippen LogP) is 2.72. The third kappa shape index (κ3) is 8.88. The van der Waals surface area contributed by atoms with E-state index in [-0.39, 0.29) is 0 Å². The summed E-state index contributed by atoms with van der Waals surface area (Å²) in [5.41, 5.74) is 1.08. The van der Waals surface area contributed by atoms with Gasteiger partial charge in [-0.05, 0) is 38.9 Å². The number of piperazine rings is 1. The van der Waals surface area contributed by atoms with E-state index >= 15 is 0 Å². The monoisotopic (exact) mass is 401 g/mol. The van der Waals surface area contributed by atoms with Crippen molar-refractivity contribution in [3.63, 3.8) is 0 Å². The Balaban J connectivity index is 1.72. The number of hydrogen-bond donors (Lipinski definition) is 2. The van der Waals surface area contributed by atoms with E-state index < -0.39 is 0 Å². The van der Waals surface area contributed by atoms with Gasteiger partial charge in [-0.15, -0.1) is 0 Å². The van der Waals surface area contributed by atoms with Crippen LogP contribution in [-0.4, -0.2) is 74.7 Å². The molecule has 1 heterocycles. The lowest BCUT2D eigenvalue weighted by Crippen LogP contribution is -2.46. The summed E-state index contributed by atoms with van der Waals surface area (Å²) in [6, 6.07) is 8.04. The standard InChI is InChI=1S/C23H39N5O/c1-4-19-29-22-12-8-7-11-21(22)20-26-23(24-5-2)25-13-9-10-14-28-17-15-27(6-3)16-18-28/h4,7-8,11-12H,1,5-6,9-10,13-20H2,2-3H3,(H2,24,25,26). The maximum Gasteiger partial charge on any atom is 0.191 e. The molecule has 0 unspecified atom stereocenters. The van der Waals surface area contributed by atoms with Gasteiger partial charge in [0.05, 0.1) is 6.54 Å². The zero-order valence-electron chi connectivity index (χ0n) is 18.3. The summed E-state index contributed by atoms with van der Waals surface area (Å²) in [7, 11) is 0. The molecule has 6 nitrogen and oxygen atoms in total. The first-order valence-electron chi connectivity index (χ1n) is 11.0. The van der Waals surface area contributed by atoms with Crippen molar-refractivity contribution < 1.29 is 4.74 Å². The van der Waals surface area contributed by atoms with Crippen LogP contribution in [0.4, 0.5) is 0 Å². The molecular weight excluding hydrogens is 362 g/mol. The van der Waals surface area contributed by atoms with Crippen molar-refractivity contribution in [2.45, 2.75) is 33.2 Å². The Morgan fingerprint density at radius 3 is 2.59 bits per heavy atom. The summed E-state index contributed by atoms with van der Waals surface area (Å²) in [5, 5.41) is 6.80. The number of nitrogens with zero attached hydrogens (tertiary/aromatic N) is 3.